The molecule has 0 amide bonds. The average molecular weight is 351 g/mol. The first-order valence-corrected chi connectivity index (χ1v) is 9.25. The Kier molecular flexibility index (Phi) is 4.09. The number of rotatable bonds is 3. The molecule has 2 aromatic carbocycles. The molecule has 126 valence electrons. The molecule has 0 aliphatic carbocycles. The summed E-state index contributed by atoms with van der Waals surface area (Å²) >= 11 is 1.74. The molecule has 25 heavy (non-hydrogen) atoms. The highest BCUT2D eigenvalue weighted by atomic mass is 32.2. The molecule has 0 unspecified atom stereocenters. The van der Waals surface area contributed by atoms with E-state index in [0.717, 1.165) is 27.1 Å². The maximum atomic E-state index is 13.2. The Morgan fingerprint density at radius 2 is 1.96 bits per heavy atom. The van der Waals surface area contributed by atoms with Crippen molar-refractivity contribution in [2.45, 2.75) is 18.4 Å². The molecule has 1 aliphatic heterocycles. The van der Waals surface area contributed by atoms with Gasteiger partial charge in [0.25, 0.3) is 5.56 Å². The van der Waals surface area contributed by atoms with Crippen molar-refractivity contribution in [3.63, 3.8) is 0 Å². The first kappa shape index (κ1) is 16.0. The summed E-state index contributed by atoms with van der Waals surface area (Å²) < 4.78 is 6.93. The minimum atomic E-state index is -0.555. The van der Waals surface area contributed by atoms with Crippen LogP contribution in [-0.2, 0) is 11.3 Å². The lowest BCUT2D eigenvalue weighted by Gasteiger charge is -2.22. The number of nitrogens with zero attached hydrogens (tertiary/aromatic N) is 1. The zero-order chi connectivity index (χ0) is 17.4. The van der Waals surface area contributed by atoms with Crippen LogP contribution in [0.15, 0.2) is 58.2 Å². The molecule has 0 saturated carbocycles. The van der Waals surface area contributed by atoms with Gasteiger partial charge in [-0.3, -0.25) is 4.79 Å². The predicted molar refractivity (Wildman–Crippen MR) is 100 cm³/mol. The van der Waals surface area contributed by atoms with Crippen LogP contribution in [0.4, 0.5) is 0 Å². The first-order valence-electron chi connectivity index (χ1n) is 8.27. The number of benzene rings is 2. The zero-order valence-corrected chi connectivity index (χ0v) is 14.6. The molecule has 4 rings (SSSR count). The quantitative estimate of drug-likeness (QED) is 0.671. The second kappa shape index (κ2) is 6.41. The number of aryl methyl sites for hydroxylation is 1. The number of hydrogen-bond donors (Lipinski definition) is 0. The zero-order valence-electron chi connectivity index (χ0n) is 13.8. The number of para-hydroxylation sites is 1. The Balaban J connectivity index is 2.17. The maximum Gasteiger partial charge on any atom is 0.344 e. The third-order valence-corrected chi connectivity index (χ3v) is 5.39. The van der Waals surface area contributed by atoms with Gasteiger partial charge in [0.05, 0.1) is 12.1 Å². The molecule has 0 bridgehead atoms. The topological polar surface area (TPSA) is 48.3 Å². The largest absolute Gasteiger partial charge is 0.462 e. The lowest BCUT2D eigenvalue weighted by molar-refractivity contribution is 0.0525. The summed E-state index contributed by atoms with van der Waals surface area (Å²) in [6, 6.07) is 15.6. The molecule has 5 heteroatoms. The Labute approximate surface area is 149 Å². The van der Waals surface area contributed by atoms with Gasteiger partial charge in [0.2, 0.25) is 0 Å². The van der Waals surface area contributed by atoms with E-state index in [-0.39, 0.29) is 17.7 Å². The van der Waals surface area contributed by atoms with Crippen molar-refractivity contribution in [3.05, 3.63) is 64.4 Å². The number of thioether (sulfide) groups is 1. The van der Waals surface area contributed by atoms with E-state index in [1.54, 1.807) is 23.3 Å². The summed E-state index contributed by atoms with van der Waals surface area (Å²) in [5.41, 5.74) is 2.29. The van der Waals surface area contributed by atoms with Crippen LogP contribution in [0.5, 0.6) is 0 Å². The Morgan fingerprint density at radius 1 is 1.16 bits per heavy atom. The van der Waals surface area contributed by atoms with Crippen LogP contribution in [-0.4, -0.2) is 22.9 Å². The molecule has 1 aromatic heterocycles. The van der Waals surface area contributed by atoms with Crippen molar-refractivity contribution in [1.82, 2.24) is 4.57 Å². The fraction of sp³-hybridized carbons (Fsp3) is 0.200. The van der Waals surface area contributed by atoms with E-state index in [4.69, 9.17) is 4.74 Å². The van der Waals surface area contributed by atoms with E-state index >= 15 is 0 Å². The number of carbonyl (C=O) groups excluding carboxylic acids is 1. The summed E-state index contributed by atoms with van der Waals surface area (Å²) in [6.45, 7) is 2.58. The molecule has 3 aromatic rings. The van der Waals surface area contributed by atoms with Crippen LogP contribution >= 0.6 is 11.8 Å². The van der Waals surface area contributed by atoms with Gasteiger partial charge < -0.3 is 9.30 Å². The van der Waals surface area contributed by atoms with E-state index < -0.39 is 5.97 Å². The summed E-state index contributed by atoms with van der Waals surface area (Å²) in [6.07, 6.45) is 0. The standard InChI is InChI=1S/C20H17NO3S/c1-2-24-20(23)17-16(13-7-4-3-5-8-13)14-9-6-10-15-18(14)21(19(17)22)11-12-25-15/h3-10H,2,11-12H2,1H3. The van der Waals surface area contributed by atoms with Crippen molar-refractivity contribution in [1.29, 1.82) is 0 Å². The fourth-order valence-electron chi connectivity index (χ4n) is 3.35. The molecular weight excluding hydrogens is 334 g/mol. The van der Waals surface area contributed by atoms with Crippen LogP contribution < -0.4 is 5.56 Å². The van der Waals surface area contributed by atoms with E-state index in [1.807, 2.05) is 48.5 Å². The van der Waals surface area contributed by atoms with Crippen LogP contribution in [0.25, 0.3) is 22.0 Å². The summed E-state index contributed by atoms with van der Waals surface area (Å²) in [4.78, 5) is 26.9. The number of carbonyl (C=O) groups is 1. The summed E-state index contributed by atoms with van der Waals surface area (Å²) in [5, 5.41) is 0.915. The molecule has 0 radical (unpaired) electrons. The van der Waals surface area contributed by atoms with Crippen LogP contribution in [0.1, 0.15) is 17.3 Å². The van der Waals surface area contributed by atoms with Gasteiger partial charge in [-0.05, 0) is 18.6 Å². The molecular formula is C20H17NO3S. The van der Waals surface area contributed by atoms with Crippen molar-refractivity contribution in [2.24, 2.45) is 0 Å². The normalized spacial score (nSPS) is 13.0. The van der Waals surface area contributed by atoms with Gasteiger partial charge in [-0.2, -0.15) is 0 Å². The molecule has 0 fully saturated rings. The molecule has 4 nitrogen and oxygen atoms in total. The van der Waals surface area contributed by atoms with Gasteiger partial charge in [-0.1, -0.05) is 42.5 Å². The van der Waals surface area contributed by atoms with Gasteiger partial charge in [0, 0.05) is 28.1 Å². The fourth-order valence-corrected chi connectivity index (χ4v) is 4.38. The van der Waals surface area contributed by atoms with Crippen LogP contribution in [0.3, 0.4) is 0 Å². The van der Waals surface area contributed by atoms with Crippen LogP contribution in [0, 0.1) is 0 Å². The SMILES string of the molecule is CCOC(=O)c1c(-c2ccccc2)c2cccc3c2n(c1=O)CCS3. The molecule has 0 spiro atoms. The monoisotopic (exact) mass is 351 g/mol. The molecule has 0 atom stereocenters. The number of esters is 1. The predicted octanol–water partition coefficient (Wildman–Crippen LogP) is 3.95. The van der Waals surface area contributed by atoms with Crippen molar-refractivity contribution < 1.29 is 9.53 Å². The van der Waals surface area contributed by atoms with E-state index in [1.165, 1.54) is 0 Å². The third kappa shape index (κ3) is 2.55. The van der Waals surface area contributed by atoms with E-state index in [2.05, 4.69) is 0 Å². The molecule has 2 heterocycles. The maximum absolute atomic E-state index is 13.2. The minimum Gasteiger partial charge on any atom is -0.462 e. The second-order valence-corrected chi connectivity index (χ2v) is 6.93. The smallest absolute Gasteiger partial charge is 0.344 e. The first-order chi connectivity index (χ1) is 12.2. The Hall–Kier alpha value is -2.53. The van der Waals surface area contributed by atoms with Crippen LogP contribution in [0.2, 0.25) is 0 Å². The number of aromatic nitrogens is 1. The molecule has 0 N–H and O–H groups in total. The van der Waals surface area contributed by atoms with Gasteiger partial charge in [0.1, 0.15) is 5.56 Å². The third-order valence-electron chi connectivity index (χ3n) is 4.36. The molecule has 0 saturated heterocycles. The number of pyridine rings is 1. The average Bonchev–Trinajstić information content (AvgIpc) is 2.65. The highest BCUT2D eigenvalue weighted by Gasteiger charge is 2.26. The highest BCUT2D eigenvalue weighted by molar-refractivity contribution is 7.99. The minimum absolute atomic E-state index is 0.129. The summed E-state index contributed by atoms with van der Waals surface area (Å²) in [7, 11) is 0. The molecule has 1 aliphatic rings. The Bertz CT molecular complexity index is 1020. The van der Waals surface area contributed by atoms with Gasteiger partial charge >= 0.3 is 5.97 Å². The van der Waals surface area contributed by atoms with E-state index in [9.17, 15) is 9.59 Å². The second-order valence-electron chi connectivity index (χ2n) is 5.79. The number of ether oxygens (including phenoxy) is 1. The van der Waals surface area contributed by atoms with E-state index in [0.29, 0.717) is 12.1 Å². The van der Waals surface area contributed by atoms with Crippen molar-refractivity contribution in [3.8, 4) is 11.1 Å². The lowest BCUT2D eigenvalue weighted by Crippen LogP contribution is -2.31. The van der Waals surface area contributed by atoms with Crippen molar-refractivity contribution in [2.75, 3.05) is 12.4 Å². The summed E-state index contributed by atoms with van der Waals surface area (Å²) in [5.74, 6) is 0.263. The van der Waals surface area contributed by atoms with Gasteiger partial charge in [-0.15, -0.1) is 11.8 Å². The highest BCUT2D eigenvalue weighted by Crippen LogP contribution is 2.37. The van der Waals surface area contributed by atoms with Crippen molar-refractivity contribution >= 4 is 28.6 Å². The lowest BCUT2D eigenvalue weighted by atomic mass is 9.95. The van der Waals surface area contributed by atoms with Gasteiger partial charge in [0.15, 0.2) is 0 Å². The van der Waals surface area contributed by atoms with Gasteiger partial charge in [-0.25, -0.2) is 4.79 Å². The Morgan fingerprint density at radius 3 is 2.72 bits per heavy atom. The number of hydrogen-bond acceptors (Lipinski definition) is 4.